The van der Waals surface area contributed by atoms with E-state index in [1.165, 1.54) is 11.8 Å². The monoisotopic (exact) mass is 412 g/mol. The number of hydrogen-bond donors (Lipinski definition) is 3. The Morgan fingerprint density at radius 1 is 1.25 bits per heavy atom. The Labute approximate surface area is 170 Å². The number of Topliss-reactive ketones (excluding diaryl/α,β-unsaturated/α-hetero) is 1. The number of ketones is 1. The number of hydrogen-bond acceptors (Lipinski definition) is 6. The average Bonchev–Trinajstić information content (AvgIpc) is 3.12. The molecule has 1 atom stereocenters. The van der Waals surface area contributed by atoms with Gasteiger partial charge in [0.25, 0.3) is 0 Å². The quantitative estimate of drug-likeness (QED) is 0.386. The van der Waals surface area contributed by atoms with Crippen LogP contribution < -0.4 is 10.7 Å². The molecular weight excluding hydrogens is 380 g/mol. The summed E-state index contributed by atoms with van der Waals surface area (Å²) in [5, 5.41) is 16.5. The van der Waals surface area contributed by atoms with Crippen molar-refractivity contribution in [2.75, 3.05) is 25.4 Å². The topological polar surface area (TPSA) is 111 Å². The molecular formula is C19H32N4O4S. The van der Waals surface area contributed by atoms with E-state index in [1.54, 1.807) is 0 Å². The normalized spacial score (nSPS) is 20.4. The van der Waals surface area contributed by atoms with Crippen LogP contribution in [0.15, 0.2) is 5.10 Å². The second-order valence-corrected chi connectivity index (χ2v) is 8.85. The summed E-state index contributed by atoms with van der Waals surface area (Å²) in [6.45, 7) is 5.07. The highest BCUT2D eigenvalue weighted by molar-refractivity contribution is 8.14. The minimum absolute atomic E-state index is 0.00385. The van der Waals surface area contributed by atoms with Crippen molar-refractivity contribution in [1.82, 2.24) is 15.6 Å². The lowest BCUT2D eigenvalue weighted by Gasteiger charge is -2.25. The highest BCUT2D eigenvalue weighted by atomic mass is 32.2. The number of carbonyl (C=O) groups excluding carboxylic acids is 3. The maximum absolute atomic E-state index is 12.7. The molecule has 1 heterocycles. The van der Waals surface area contributed by atoms with Crippen molar-refractivity contribution < 1.29 is 19.5 Å². The molecule has 2 rings (SSSR count). The van der Waals surface area contributed by atoms with Crippen molar-refractivity contribution in [3.8, 4) is 0 Å². The van der Waals surface area contributed by atoms with Crippen LogP contribution in [0.2, 0.25) is 0 Å². The summed E-state index contributed by atoms with van der Waals surface area (Å²) < 4.78 is 0. The second-order valence-electron chi connectivity index (χ2n) is 7.78. The summed E-state index contributed by atoms with van der Waals surface area (Å²) in [6.07, 6.45) is 5.29. The van der Waals surface area contributed by atoms with Crippen molar-refractivity contribution >= 4 is 34.5 Å². The smallest absolute Gasteiger partial charge is 0.309 e. The Balaban J connectivity index is 1.96. The molecule has 28 heavy (non-hydrogen) atoms. The third-order valence-corrected chi connectivity index (χ3v) is 6.02. The standard InChI is InChI=1S/C19H32N4O4S/c1-13(2)12-15(20-17(26)14-6-4-3-5-7-14)16(25)18(27)21-22-19-23(8-10-24)9-11-28-19/h13-15,24H,3-12H2,1-2H3,(H,20,26)(H,21,27)/t15-/m0/s1. The number of thioether (sulfide) groups is 1. The van der Waals surface area contributed by atoms with Gasteiger partial charge in [-0.1, -0.05) is 44.9 Å². The van der Waals surface area contributed by atoms with Crippen LogP contribution in [0, 0.1) is 11.8 Å². The first-order chi connectivity index (χ1) is 13.4. The van der Waals surface area contributed by atoms with E-state index in [0.29, 0.717) is 18.1 Å². The molecule has 0 aromatic heterocycles. The maximum atomic E-state index is 12.7. The van der Waals surface area contributed by atoms with Crippen LogP contribution in [0.5, 0.6) is 0 Å². The Morgan fingerprint density at radius 3 is 2.61 bits per heavy atom. The largest absolute Gasteiger partial charge is 0.395 e. The van der Waals surface area contributed by atoms with E-state index in [2.05, 4.69) is 15.8 Å². The van der Waals surface area contributed by atoms with Crippen LogP contribution in [0.25, 0.3) is 0 Å². The van der Waals surface area contributed by atoms with Gasteiger partial charge in [-0.05, 0) is 25.2 Å². The van der Waals surface area contributed by atoms with E-state index in [0.717, 1.165) is 44.4 Å². The minimum atomic E-state index is -0.834. The molecule has 9 heteroatoms. The molecule has 1 saturated carbocycles. The van der Waals surface area contributed by atoms with Gasteiger partial charge in [-0.2, -0.15) is 0 Å². The zero-order chi connectivity index (χ0) is 20.5. The van der Waals surface area contributed by atoms with Gasteiger partial charge >= 0.3 is 5.91 Å². The van der Waals surface area contributed by atoms with Crippen LogP contribution in [0.1, 0.15) is 52.4 Å². The molecule has 0 bridgehead atoms. The summed E-state index contributed by atoms with van der Waals surface area (Å²) in [7, 11) is 0. The number of β-amino-alcohol motifs (C(OH)–C–C–N with tert-alkyl or cyclic N) is 1. The maximum Gasteiger partial charge on any atom is 0.309 e. The van der Waals surface area contributed by atoms with Gasteiger partial charge in [0.2, 0.25) is 11.7 Å². The van der Waals surface area contributed by atoms with Crippen LogP contribution in [0.4, 0.5) is 0 Å². The summed E-state index contributed by atoms with van der Waals surface area (Å²) in [6, 6.07) is -0.834. The van der Waals surface area contributed by atoms with Crippen molar-refractivity contribution in [3.05, 3.63) is 0 Å². The summed E-state index contributed by atoms with van der Waals surface area (Å²) in [5.74, 6) is -0.710. The van der Waals surface area contributed by atoms with Crippen LogP contribution in [-0.4, -0.2) is 64.3 Å². The van der Waals surface area contributed by atoms with Crippen molar-refractivity contribution in [1.29, 1.82) is 0 Å². The zero-order valence-corrected chi connectivity index (χ0v) is 17.6. The summed E-state index contributed by atoms with van der Waals surface area (Å²) in [5.41, 5.74) is 2.32. The van der Waals surface area contributed by atoms with E-state index in [1.807, 2.05) is 18.7 Å². The average molecular weight is 413 g/mol. The first kappa shape index (κ1) is 22.7. The molecule has 8 nitrogen and oxygen atoms in total. The molecule has 1 aliphatic heterocycles. The second kappa shape index (κ2) is 11.4. The number of carbonyl (C=O) groups is 3. The fraction of sp³-hybridized carbons (Fsp3) is 0.789. The number of nitrogens with one attached hydrogen (secondary N) is 2. The van der Waals surface area contributed by atoms with Gasteiger partial charge in [0.1, 0.15) is 0 Å². The van der Waals surface area contributed by atoms with Gasteiger partial charge in [0, 0.05) is 24.8 Å². The predicted molar refractivity (Wildman–Crippen MR) is 110 cm³/mol. The number of nitrogens with zero attached hydrogens (tertiary/aromatic N) is 2. The molecule has 158 valence electrons. The van der Waals surface area contributed by atoms with E-state index < -0.39 is 17.7 Å². The first-order valence-electron chi connectivity index (χ1n) is 10.1. The Kier molecular flexibility index (Phi) is 9.24. The molecule has 2 amide bonds. The summed E-state index contributed by atoms with van der Waals surface area (Å²) in [4.78, 5) is 39.4. The van der Waals surface area contributed by atoms with Crippen molar-refractivity contribution in [2.24, 2.45) is 16.9 Å². The van der Waals surface area contributed by atoms with E-state index >= 15 is 0 Å². The molecule has 0 spiro atoms. The van der Waals surface area contributed by atoms with Gasteiger partial charge in [-0.25, -0.2) is 5.43 Å². The Morgan fingerprint density at radius 2 is 1.96 bits per heavy atom. The third-order valence-electron chi connectivity index (χ3n) is 5.03. The molecule has 2 aliphatic rings. The molecule has 1 aliphatic carbocycles. The Hall–Kier alpha value is -1.61. The van der Waals surface area contributed by atoms with Crippen molar-refractivity contribution in [3.63, 3.8) is 0 Å². The van der Waals surface area contributed by atoms with Crippen LogP contribution in [-0.2, 0) is 14.4 Å². The number of amidine groups is 1. The van der Waals surface area contributed by atoms with Gasteiger partial charge < -0.3 is 15.3 Å². The minimum Gasteiger partial charge on any atom is -0.395 e. The predicted octanol–water partition coefficient (Wildman–Crippen LogP) is 1.10. The fourth-order valence-corrected chi connectivity index (χ4v) is 4.50. The van der Waals surface area contributed by atoms with Gasteiger partial charge in [0.15, 0.2) is 5.17 Å². The lowest BCUT2D eigenvalue weighted by atomic mass is 9.88. The number of aliphatic hydroxyl groups excluding tert-OH is 1. The zero-order valence-electron chi connectivity index (χ0n) is 16.8. The van der Waals surface area contributed by atoms with E-state index in [4.69, 9.17) is 5.11 Å². The number of amides is 2. The third kappa shape index (κ3) is 6.77. The van der Waals surface area contributed by atoms with Crippen molar-refractivity contribution in [2.45, 2.75) is 58.4 Å². The lowest BCUT2D eigenvalue weighted by Crippen LogP contribution is -2.49. The first-order valence-corrected chi connectivity index (χ1v) is 11.1. The number of aliphatic hydroxyl groups is 1. The fourth-order valence-electron chi connectivity index (χ4n) is 3.53. The van der Waals surface area contributed by atoms with Crippen LogP contribution >= 0.6 is 11.8 Å². The lowest BCUT2D eigenvalue weighted by molar-refractivity contribution is -0.140. The molecule has 0 radical (unpaired) electrons. The molecule has 2 fully saturated rings. The molecule has 3 N–H and O–H groups in total. The van der Waals surface area contributed by atoms with Gasteiger partial charge in [-0.3, -0.25) is 14.4 Å². The highest BCUT2D eigenvalue weighted by Crippen LogP contribution is 2.24. The van der Waals surface area contributed by atoms with Crippen LogP contribution in [0.3, 0.4) is 0 Å². The molecule has 0 unspecified atom stereocenters. The Bertz CT molecular complexity index is 590. The SMILES string of the molecule is CC(C)C[C@H](NC(=O)C1CCCCC1)C(=O)C(=O)NN=C1SCCN1CCO. The molecule has 1 saturated heterocycles. The van der Waals surface area contributed by atoms with E-state index in [9.17, 15) is 14.4 Å². The number of rotatable bonds is 9. The van der Waals surface area contributed by atoms with E-state index in [-0.39, 0.29) is 24.3 Å². The summed E-state index contributed by atoms with van der Waals surface area (Å²) >= 11 is 1.46. The van der Waals surface area contributed by atoms with Gasteiger partial charge in [0.05, 0.1) is 12.6 Å². The van der Waals surface area contributed by atoms with Gasteiger partial charge in [-0.15, -0.1) is 5.10 Å². The number of hydrazone groups is 1. The molecule has 0 aromatic rings. The highest BCUT2D eigenvalue weighted by Gasteiger charge is 2.31. The molecule has 0 aromatic carbocycles.